The van der Waals surface area contributed by atoms with Crippen LogP contribution in [0, 0.1) is 23.7 Å². The number of nitrogens with zero attached hydrogens (tertiary/aromatic N) is 2. The summed E-state index contributed by atoms with van der Waals surface area (Å²) in [6, 6.07) is 0. The van der Waals surface area contributed by atoms with Gasteiger partial charge in [-0.05, 0) is 68.5 Å². The minimum Gasteiger partial charge on any atom is -0.319 e. The zero-order valence-corrected chi connectivity index (χ0v) is 12.9. The molecule has 0 spiro atoms. The average molecular weight is 263 g/mol. The molecule has 108 valence electrons. The SMILES string of the molecule is CNCC1CCC(C(C)C)CC1Cc1cnn(C)c1. The van der Waals surface area contributed by atoms with Gasteiger partial charge in [-0.2, -0.15) is 5.10 Å². The summed E-state index contributed by atoms with van der Waals surface area (Å²) >= 11 is 0. The monoisotopic (exact) mass is 263 g/mol. The third kappa shape index (κ3) is 3.82. The van der Waals surface area contributed by atoms with E-state index in [2.05, 4.69) is 37.5 Å². The maximum atomic E-state index is 4.31. The average Bonchev–Trinajstić information content (AvgIpc) is 2.77. The first kappa shape index (κ1) is 14.6. The second-order valence-electron chi connectivity index (χ2n) is 6.62. The zero-order valence-electron chi connectivity index (χ0n) is 12.9. The van der Waals surface area contributed by atoms with Gasteiger partial charge in [0.15, 0.2) is 0 Å². The van der Waals surface area contributed by atoms with E-state index in [1.807, 2.05) is 17.9 Å². The van der Waals surface area contributed by atoms with Gasteiger partial charge in [-0.25, -0.2) is 0 Å². The molecule has 0 radical (unpaired) electrons. The van der Waals surface area contributed by atoms with Crippen molar-refractivity contribution in [3.8, 4) is 0 Å². The first-order valence-corrected chi connectivity index (χ1v) is 7.72. The summed E-state index contributed by atoms with van der Waals surface area (Å²) in [6.45, 7) is 5.92. The van der Waals surface area contributed by atoms with Crippen molar-refractivity contribution in [2.75, 3.05) is 13.6 Å². The molecule has 1 fully saturated rings. The van der Waals surface area contributed by atoms with Gasteiger partial charge in [0.25, 0.3) is 0 Å². The van der Waals surface area contributed by atoms with Gasteiger partial charge in [-0.3, -0.25) is 4.68 Å². The largest absolute Gasteiger partial charge is 0.319 e. The Labute approximate surface area is 117 Å². The molecular weight excluding hydrogens is 234 g/mol. The standard InChI is InChI=1S/C16H29N3/c1-12(2)14-5-6-15(10-17-3)16(8-14)7-13-9-18-19(4)11-13/h9,11-12,14-17H,5-8,10H2,1-4H3. The van der Waals surface area contributed by atoms with Gasteiger partial charge < -0.3 is 5.32 Å². The molecule has 0 aliphatic heterocycles. The summed E-state index contributed by atoms with van der Waals surface area (Å²) in [5.74, 6) is 3.39. The molecule has 3 atom stereocenters. The second-order valence-corrected chi connectivity index (χ2v) is 6.62. The van der Waals surface area contributed by atoms with E-state index >= 15 is 0 Å². The molecule has 19 heavy (non-hydrogen) atoms. The van der Waals surface area contributed by atoms with Crippen LogP contribution in [0.2, 0.25) is 0 Å². The maximum absolute atomic E-state index is 4.31. The van der Waals surface area contributed by atoms with Crippen LogP contribution in [-0.2, 0) is 13.5 Å². The smallest absolute Gasteiger partial charge is 0.0521 e. The summed E-state index contributed by atoms with van der Waals surface area (Å²) in [5.41, 5.74) is 1.40. The first-order valence-electron chi connectivity index (χ1n) is 7.72. The molecule has 1 aromatic rings. The molecule has 1 aromatic heterocycles. The van der Waals surface area contributed by atoms with Gasteiger partial charge in [0.1, 0.15) is 0 Å². The van der Waals surface area contributed by atoms with E-state index in [9.17, 15) is 0 Å². The zero-order chi connectivity index (χ0) is 13.8. The molecule has 3 unspecified atom stereocenters. The van der Waals surface area contributed by atoms with E-state index in [-0.39, 0.29) is 0 Å². The number of nitrogens with one attached hydrogen (secondary N) is 1. The highest BCUT2D eigenvalue weighted by Gasteiger charge is 2.31. The summed E-state index contributed by atoms with van der Waals surface area (Å²) in [4.78, 5) is 0. The van der Waals surface area contributed by atoms with Crippen molar-refractivity contribution in [3.63, 3.8) is 0 Å². The number of hydrogen-bond acceptors (Lipinski definition) is 2. The normalized spacial score (nSPS) is 27.9. The molecule has 1 N–H and O–H groups in total. The summed E-state index contributed by atoms with van der Waals surface area (Å²) in [5, 5.41) is 7.69. The quantitative estimate of drug-likeness (QED) is 0.885. The van der Waals surface area contributed by atoms with Gasteiger partial charge in [-0.1, -0.05) is 13.8 Å². The third-order valence-electron chi connectivity index (χ3n) is 4.85. The van der Waals surface area contributed by atoms with Gasteiger partial charge >= 0.3 is 0 Å². The van der Waals surface area contributed by atoms with Gasteiger partial charge in [0, 0.05) is 13.2 Å². The van der Waals surface area contributed by atoms with Crippen LogP contribution in [-0.4, -0.2) is 23.4 Å². The molecule has 3 nitrogen and oxygen atoms in total. The molecule has 1 aliphatic rings. The maximum Gasteiger partial charge on any atom is 0.0521 e. The summed E-state index contributed by atoms with van der Waals surface area (Å²) in [6.07, 6.45) is 9.59. The minimum absolute atomic E-state index is 0.817. The van der Waals surface area contributed by atoms with Gasteiger partial charge in [0.05, 0.1) is 6.20 Å². The number of hydrogen-bond donors (Lipinski definition) is 1. The Bertz CT molecular complexity index is 383. The number of aryl methyl sites for hydroxylation is 1. The van der Waals surface area contributed by atoms with Crippen molar-refractivity contribution < 1.29 is 0 Å². The fourth-order valence-electron chi connectivity index (χ4n) is 3.63. The van der Waals surface area contributed by atoms with E-state index < -0.39 is 0 Å². The molecule has 1 heterocycles. The molecule has 3 heteroatoms. The predicted octanol–water partition coefficient (Wildman–Crippen LogP) is 2.87. The van der Waals surface area contributed by atoms with E-state index in [0.29, 0.717) is 0 Å². The fraction of sp³-hybridized carbons (Fsp3) is 0.812. The lowest BCUT2D eigenvalue weighted by Crippen LogP contribution is -2.34. The minimum atomic E-state index is 0.817. The Morgan fingerprint density at radius 3 is 2.74 bits per heavy atom. The highest BCUT2D eigenvalue weighted by Crippen LogP contribution is 2.38. The topological polar surface area (TPSA) is 29.9 Å². The van der Waals surface area contributed by atoms with Crippen LogP contribution in [0.3, 0.4) is 0 Å². The lowest BCUT2D eigenvalue weighted by molar-refractivity contribution is 0.146. The van der Waals surface area contributed by atoms with Crippen molar-refractivity contribution in [2.45, 2.75) is 39.5 Å². The Kier molecular flexibility index (Phi) is 5.03. The van der Waals surface area contributed by atoms with Crippen LogP contribution in [0.4, 0.5) is 0 Å². The molecule has 0 saturated heterocycles. The summed E-state index contributed by atoms with van der Waals surface area (Å²) in [7, 11) is 4.09. The Hall–Kier alpha value is -0.830. The lowest BCUT2D eigenvalue weighted by Gasteiger charge is -2.38. The highest BCUT2D eigenvalue weighted by molar-refractivity contribution is 5.06. The van der Waals surface area contributed by atoms with Gasteiger partial charge in [-0.15, -0.1) is 0 Å². The van der Waals surface area contributed by atoms with Crippen LogP contribution in [0.25, 0.3) is 0 Å². The van der Waals surface area contributed by atoms with Crippen molar-refractivity contribution in [3.05, 3.63) is 18.0 Å². The van der Waals surface area contributed by atoms with Crippen LogP contribution < -0.4 is 5.32 Å². The van der Waals surface area contributed by atoms with Crippen molar-refractivity contribution in [1.82, 2.24) is 15.1 Å². The Balaban J connectivity index is 2.02. The molecule has 2 rings (SSSR count). The van der Waals surface area contributed by atoms with E-state index in [1.165, 1.54) is 31.2 Å². The lowest BCUT2D eigenvalue weighted by atomic mass is 9.69. The van der Waals surface area contributed by atoms with Crippen molar-refractivity contribution >= 4 is 0 Å². The van der Waals surface area contributed by atoms with E-state index in [1.54, 1.807) is 0 Å². The molecular formula is C16H29N3. The van der Waals surface area contributed by atoms with Crippen LogP contribution in [0.15, 0.2) is 12.4 Å². The van der Waals surface area contributed by atoms with Gasteiger partial charge in [0.2, 0.25) is 0 Å². The number of rotatable bonds is 5. The third-order valence-corrected chi connectivity index (χ3v) is 4.85. The van der Waals surface area contributed by atoms with E-state index in [4.69, 9.17) is 0 Å². The summed E-state index contributed by atoms with van der Waals surface area (Å²) < 4.78 is 1.92. The second kappa shape index (κ2) is 6.56. The Morgan fingerprint density at radius 2 is 2.16 bits per heavy atom. The van der Waals surface area contributed by atoms with Crippen molar-refractivity contribution in [1.29, 1.82) is 0 Å². The predicted molar refractivity (Wildman–Crippen MR) is 80.0 cm³/mol. The number of aromatic nitrogens is 2. The van der Waals surface area contributed by atoms with Crippen LogP contribution >= 0.6 is 0 Å². The molecule has 0 bridgehead atoms. The fourth-order valence-corrected chi connectivity index (χ4v) is 3.63. The Morgan fingerprint density at radius 1 is 1.37 bits per heavy atom. The molecule has 1 aliphatic carbocycles. The molecule has 1 saturated carbocycles. The highest BCUT2D eigenvalue weighted by atomic mass is 15.2. The van der Waals surface area contributed by atoms with E-state index in [0.717, 1.165) is 30.2 Å². The van der Waals surface area contributed by atoms with Crippen molar-refractivity contribution in [2.24, 2.45) is 30.7 Å². The molecule has 0 aromatic carbocycles. The van der Waals surface area contributed by atoms with Crippen LogP contribution in [0.5, 0.6) is 0 Å². The first-order chi connectivity index (χ1) is 9.10. The molecule has 0 amide bonds. The van der Waals surface area contributed by atoms with Crippen LogP contribution in [0.1, 0.15) is 38.7 Å².